The van der Waals surface area contributed by atoms with Crippen LogP contribution in [0.4, 0.5) is 0 Å². The van der Waals surface area contributed by atoms with E-state index in [-0.39, 0.29) is 0 Å². The Morgan fingerprint density at radius 2 is 2.29 bits per heavy atom. The molecule has 0 amide bonds. The van der Waals surface area contributed by atoms with Crippen molar-refractivity contribution in [1.29, 1.82) is 0 Å². The Hall–Kier alpha value is 0.130. The van der Waals surface area contributed by atoms with E-state index < -0.39 is 0 Å². The molecule has 2 rings (SSSR count). The predicted molar refractivity (Wildman–Crippen MR) is 85.2 cm³/mol. The van der Waals surface area contributed by atoms with E-state index in [1.165, 1.54) is 28.4 Å². The summed E-state index contributed by atoms with van der Waals surface area (Å²) in [5.41, 5.74) is 2.96. The molecule has 1 aliphatic carbocycles. The Labute approximate surface area is 125 Å². The number of likely N-dealkylation sites (N-methyl/N-ethyl adjacent to an activating group) is 1. The van der Waals surface area contributed by atoms with Crippen LogP contribution in [0, 0.1) is 3.57 Å². The van der Waals surface area contributed by atoms with Crippen LogP contribution in [0.5, 0.6) is 0 Å². The van der Waals surface area contributed by atoms with Gasteiger partial charge in [-0.15, -0.1) is 0 Å². The predicted octanol–water partition coefficient (Wildman–Crippen LogP) is 4.81. The summed E-state index contributed by atoms with van der Waals surface area (Å²) in [5, 5.41) is 3.61. The fourth-order valence-electron chi connectivity index (χ4n) is 2.34. The van der Waals surface area contributed by atoms with Crippen molar-refractivity contribution in [3.05, 3.63) is 43.5 Å². The molecule has 92 valence electrons. The zero-order chi connectivity index (χ0) is 12.3. The maximum atomic E-state index is 3.61. The minimum absolute atomic E-state index is 0.395. The molecule has 1 aliphatic rings. The van der Waals surface area contributed by atoms with Crippen LogP contribution in [0.1, 0.15) is 37.8 Å². The molecule has 17 heavy (non-hydrogen) atoms. The molecule has 1 aromatic carbocycles. The lowest BCUT2D eigenvalue weighted by atomic mass is 9.98. The van der Waals surface area contributed by atoms with E-state index in [9.17, 15) is 0 Å². The number of benzene rings is 1. The minimum Gasteiger partial charge on any atom is -0.307 e. The van der Waals surface area contributed by atoms with Crippen LogP contribution in [-0.2, 0) is 0 Å². The van der Waals surface area contributed by atoms with Crippen LogP contribution in [0.3, 0.4) is 0 Å². The quantitative estimate of drug-likeness (QED) is 0.559. The van der Waals surface area contributed by atoms with Gasteiger partial charge in [0.1, 0.15) is 0 Å². The van der Waals surface area contributed by atoms with Gasteiger partial charge in [-0.05, 0) is 72.2 Å². The largest absolute Gasteiger partial charge is 0.307 e. The van der Waals surface area contributed by atoms with Crippen LogP contribution in [-0.4, -0.2) is 6.54 Å². The molecule has 0 bridgehead atoms. The first-order valence-corrected chi connectivity index (χ1v) is 7.96. The molecule has 0 aromatic heterocycles. The third-order valence-corrected chi connectivity index (χ3v) is 4.60. The Balaban J connectivity index is 2.34. The SMILES string of the molecule is CCNC(C1=CCCC1)c1cc(Br)ccc1I. The normalized spacial score (nSPS) is 17.0. The second-order valence-electron chi connectivity index (χ2n) is 4.33. The van der Waals surface area contributed by atoms with Crippen molar-refractivity contribution in [2.75, 3.05) is 6.54 Å². The first-order valence-electron chi connectivity index (χ1n) is 6.09. The van der Waals surface area contributed by atoms with Gasteiger partial charge in [0, 0.05) is 8.04 Å². The van der Waals surface area contributed by atoms with Gasteiger partial charge in [-0.1, -0.05) is 34.5 Å². The van der Waals surface area contributed by atoms with E-state index in [0.717, 1.165) is 11.0 Å². The van der Waals surface area contributed by atoms with Crippen LogP contribution in [0.15, 0.2) is 34.3 Å². The summed E-state index contributed by atoms with van der Waals surface area (Å²) >= 11 is 6.00. The van der Waals surface area contributed by atoms with Gasteiger partial charge in [-0.25, -0.2) is 0 Å². The number of hydrogen-bond acceptors (Lipinski definition) is 1. The molecule has 0 heterocycles. The molecule has 1 aromatic rings. The molecule has 0 saturated carbocycles. The number of allylic oxidation sites excluding steroid dienone is 1. The number of nitrogens with one attached hydrogen (secondary N) is 1. The van der Waals surface area contributed by atoms with E-state index in [1.807, 2.05) is 0 Å². The van der Waals surface area contributed by atoms with Crippen LogP contribution in [0.2, 0.25) is 0 Å². The standard InChI is InChI=1S/C14H17BrIN/c1-2-17-14(10-5-3-4-6-10)12-9-11(15)7-8-13(12)16/h5,7-9,14,17H,2-4,6H2,1H3. The number of rotatable bonds is 4. The Morgan fingerprint density at radius 3 is 2.94 bits per heavy atom. The second kappa shape index (κ2) is 6.34. The summed E-state index contributed by atoms with van der Waals surface area (Å²) in [7, 11) is 0. The zero-order valence-electron chi connectivity index (χ0n) is 9.97. The van der Waals surface area contributed by atoms with Gasteiger partial charge in [0.05, 0.1) is 6.04 Å². The highest BCUT2D eigenvalue weighted by atomic mass is 127. The van der Waals surface area contributed by atoms with Crippen molar-refractivity contribution >= 4 is 38.5 Å². The molecule has 1 unspecified atom stereocenters. The van der Waals surface area contributed by atoms with Crippen molar-refractivity contribution in [2.24, 2.45) is 0 Å². The third kappa shape index (κ3) is 3.32. The maximum absolute atomic E-state index is 3.61. The molecule has 0 fully saturated rings. The van der Waals surface area contributed by atoms with Gasteiger partial charge in [-0.3, -0.25) is 0 Å². The van der Waals surface area contributed by atoms with Gasteiger partial charge in [0.25, 0.3) is 0 Å². The molecule has 0 spiro atoms. The molecule has 1 nitrogen and oxygen atoms in total. The van der Waals surface area contributed by atoms with Crippen molar-refractivity contribution in [3.63, 3.8) is 0 Å². The molecule has 1 N–H and O–H groups in total. The fourth-order valence-corrected chi connectivity index (χ4v) is 3.36. The Morgan fingerprint density at radius 1 is 1.47 bits per heavy atom. The van der Waals surface area contributed by atoms with Crippen molar-refractivity contribution < 1.29 is 0 Å². The highest BCUT2D eigenvalue weighted by Gasteiger charge is 2.20. The molecule has 3 heteroatoms. The lowest BCUT2D eigenvalue weighted by Crippen LogP contribution is -2.23. The molecular formula is C14H17BrIN. The second-order valence-corrected chi connectivity index (χ2v) is 6.41. The van der Waals surface area contributed by atoms with Crippen molar-refractivity contribution in [2.45, 2.75) is 32.2 Å². The lowest BCUT2D eigenvalue weighted by Gasteiger charge is -2.21. The molecule has 0 saturated heterocycles. The Kier molecular flexibility index (Phi) is 5.06. The zero-order valence-corrected chi connectivity index (χ0v) is 13.7. The van der Waals surface area contributed by atoms with E-state index >= 15 is 0 Å². The highest BCUT2D eigenvalue weighted by molar-refractivity contribution is 14.1. The number of hydrogen-bond donors (Lipinski definition) is 1. The molecule has 1 atom stereocenters. The van der Waals surface area contributed by atoms with Gasteiger partial charge < -0.3 is 5.32 Å². The summed E-state index contributed by atoms with van der Waals surface area (Å²) in [6.07, 6.45) is 6.19. The van der Waals surface area contributed by atoms with Crippen molar-refractivity contribution in [1.82, 2.24) is 5.32 Å². The maximum Gasteiger partial charge on any atom is 0.0546 e. The molecular weight excluding hydrogens is 389 g/mol. The monoisotopic (exact) mass is 405 g/mol. The third-order valence-electron chi connectivity index (χ3n) is 3.12. The minimum atomic E-state index is 0.395. The van der Waals surface area contributed by atoms with Crippen LogP contribution in [0.25, 0.3) is 0 Å². The van der Waals surface area contributed by atoms with E-state index in [0.29, 0.717) is 6.04 Å². The fraction of sp³-hybridized carbons (Fsp3) is 0.429. The van der Waals surface area contributed by atoms with Crippen LogP contribution >= 0.6 is 38.5 Å². The smallest absolute Gasteiger partial charge is 0.0546 e. The highest BCUT2D eigenvalue weighted by Crippen LogP contribution is 2.34. The summed E-state index contributed by atoms with van der Waals surface area (Å²) in [5.74, 6) is 0. The van der Waals surface area contributed by atoms with Gasteiger partial charge in [-0.2, -0.15) is 0 Å². The summed E-state index contributed by atoms with van der Waals surface area (Å²) in [4.78, 5) is 0. The Bertz CT molecular complexity index is 428. The molecule has 0 radical (unpaired) electrons. The number of halogens is 2. The summed E-state index contributed by atoms with van der Waals surface area (Å²) in [6.45, 7) is 3.18. The first-order chi connectivity index (χ1) is 8.22. The lowest BCUT2D eigenvalue weighted by molar-refractivity contribution is 0.603. The van der Waals surface area contributed by atoms with Gasteiger partial charge in [0.15, 0.2) is 0 Å². The van der Waals surface area contributed by atoms with Crippen molar-refractivity contribution in [3.8, 4) is 0 Å². The summed E-state index contributed by atoms with van der Waals surface area (Å²) in [6, 6.07) is 6.93. The van der Waals surface area contributed by atoms with Crippen LogP contribution < -0.4 is 5.32 Å². The summed E-state index contributed by atoms with van der Waals surface area (Å²) < 4.78 is 2.50. The molecule has 0 aliphatic heterocycles. The average Bonchev–Trinajstić information content (AvgIpc) is 2.83. The van der Waals surface area contributed by atoms with E-state index in [4.69, 9.17) is 0 Å². The first kappa shape index (κ1) is 13.6. The topological polar surface area (TPSA) is 12.0 Å². The van der Waals surface area contributed by atoms with Gasteiger partial charge >= 0.3 is 0 Å². The van der Waals surface area contributed by atoms with Gasteiger partial charge in [0.2, 0.25) is 0 Å². The average molecular weight is 406 g/mol. The van der Waals surface area contributed by atoms with E-state index in [2.05, 4.69) is 75.0 Å². The van der Waals surface area contributed by atoms with E-state index in [1.54, 1.807) is 5.57 Å².